The van der Waals surface area contributed by atoms with Gasteiger partial charge in [-0.15, -0.1) is 0 Å². The molecule has 1 heterocycles. The van der Waals surface area contributed by atoms with E-state index in [0.29, 0.717) is 0 Å². The summed E-state index contributed by atoms with van der Waals surface area (Å²) >= 11 is 0. The van der Waals surface area contributed by atoms with E-state index in [-0.39, 0.29) is 10.9 Å². The van der Waals surface area contributed by atoms with Gasteiger partial charge in [0, 0.05) is 14.1 Å². The van der Waals surface area contributed by atoms with E-state index >= 15 is 0 Å². The van der Waals surface area contributed by atoms with Gasteiger partial charge in [0.25, 0.3) is 10.0 Å². The Morgan fingerprint density at radius 1 is 1.50 bits per heavy atom. The molecule has 1 aromatic heterocycles. The van der Waals surface area contributed by atoms with Crippen LogP contribution in [0, 0.1) is 5.21 Å². The standard InChI is InChI=1S/C7H10N2O4S/c1-9(2)14(11,12)7-4-3-6(13-7)5-8-10/h3-5,8H,1-2H3. The summed E-state index contributed by atoms with van der Waals surface area (Å²) in [6, 6.07) is 2.68. The number of nitrogens with one attached hydrogen (secondary N) is 1. The summed E-state index contributed by atoms with van der Waals surface area (Å²) in [6.07, 6.45) is 1.02. The molecule has 0 bridgehead atoms. The highest BCUT2D eigenvalue weighted by Crippen LogP contribution is 2.14. The number of nitrogens with zero attached hydrogens (tertiary/aromatic N) is 1. The molecule has 0 spiro atoms. The molecule has 1 N–H and O–H groups in total. The zero-order valence-corrected chi connectivity index (χ0v) is 8.54. The summed E-state index contributed by atoms with van der Waals surface area (Å²) in [6.45, 7) is 0. The normalized spacial score (nSPS) is 12.8. The van der Waals surface area contributed by atoms with Crippen LogP contribution in [0.4, 0.5) is 0 Å². The average molecular weight is 218 g/mol. The first-order valence-electron chi connectivity index (χ1n) is 3.71. The van der Waals surface area contributed by atoms with E-state index in [9.17, 15) is 13.6 Å². The van der Waals surface area contributed by atoms with Gasteiger partial charge in [-0.2, -0.15) is 0 Å². The molecule has 6 nitrogen and oxygen atoms in total. The van der Waals surface area contributed by atoms with Crippen molar-refractivity contribution in [2.75, 3.05) is 14.1 Å². The molecule has 0 aliphatic rings. The summed E-state index contributed by atoms with van der Waals surface area (Å²) in [5.74, 6) is 0.167. The van der Waals surface area contributed by atoms with E-state index in [2.05, 4.69) is 0 Å². The molecular formula is C7H10N2O4S. The largest absolute Gasteiger partial charge is 0.625 e. The quantitative estimate of drug-likeness (QED) is 0.381. The third-order valence-electron chi connectivity index (χ3n) is 1.54. The average Bonchev–Trinajstić information content (AvgIpc) is 2.53. The highest BCUT2D eigenvalue weighted by Gasteiger charge is 2.21. The molecule has 0 aromatic carbocycles. The second-order valence-corrected chi connectivity index (χ2v) is 4.79. The molecule has 0 atom stereocenters. The van der Waals surface area contributed by atoms with Crippen LogP contribution >= 0.6 is 0 Å². The molecular weight excluding hydrogens is 208 g/mol. The Morgan fingerprint density at radius 2 is 2.14 bits per heavy atom. The minimum Gasteiger partial charge on any atom is -0.625 e. The van der Waals surface area contributed by atoms with Crippen molar-refractivity contribution in [3.63, 3.8) is 0 Å². The Hall–Kier alpha value is -1.34. The fourth-order valence-corrected chi connectivity index (χ4v) is 1.59. The van der Waals surface area contributed by atoms with Crippen molar-refractivity contribution >= 4 is 16.2 Å². The van der Waals surface area contributed by atoms with Crippen molar-refractivity contribution in [2.45, 2.75) is 5.09 Å². The monoisotopic (exact) mass is 218 g/mol. The van der Waals surface area contributed by atoms with Crippen LogP contribution in [-0.2, 0) is 10.0 Å². The molecule has 0 radical (unpaired) electrons. The van der Waals surface area contributed by atoms with Crippen LogP contribution in [0.15, 0.2) is 21.6 Å². The Balaban J connectivity index is 3.10. The Bertz CT molecular complexity index is 432. The van der Waals surface area contributed by atoms with Crippen LogP contribution in [0.2, 0.25) is 0 Å². The van der Waals surface area contributed by atoms with Gasteiger partial charge in [0.2, 0.25) is 11.3 Å². The van der Waals surface area contributed by atoms with Crippen molar-refractivity contribution in [3.05, 3.63) is 23.1 Å². The van der Waals surface area contributed by atoms with Crippen LogP contribution < -0.4 is 5.16 Å². The van der Waals surface area contributed by atoms with Crippen molar-refractivity contribution in [2.24, 2.45) is 0 Å². The summed E-state index contributed by atoms with van der Waals surface area (Å²) in [5.41, 5.74) is 0. The van der Waals surface area contributed by atoms with Crippen LogP contribution in [0.5, 0.6) is 0 Å². The third kappa shape index (κ3) is 1.94. The highest BCUT2D eigenvalue weighted by atomic mass is 32.2. The van der Waals surface area contributed by atoms with Gasteiger partial charge in [-0.05, 0) is 12.1 Å². The molecule has 0 aliphatic heterocycles. The van der Waals surface area contributed by atoms with Crippen molar-refractivity contribution in [3.8, 4) is 0 Å². The van der Waals surface area contributed by atoms with E-state index in [1.54, 1.807) is 0 Å². The number of rotatable bonds is 3. The van der Waals surface area contributed by atoms with Gasteiger partial charge >= 0.3 is 0 Å². The summed E-state index contributed by atoms with van der Waals surface area (Å²) in [4.78, 5) is 0. The van der Waals surface area contributed by atoms with Crippen LogP contribution in [0.25, 0.3) is 0 Å². The third-order valence-corrected chi connectivity index (χ3v) is 3.23. The molecule has 0 amide bonds. The lowest BCUT2D eigenvalue weighted by atomic mass is 10.5. The zero-order chi connectivity index (χ0) is 10.8. The molecule has 0 saturated heterocycles. The molecule has 0 saturated carbocycles. The van der Waals surface area contributed by atoms with Gasteiger partial charge < -0.3 is 9.62 Å². The van der Waals surface area contributed by atoms with E-state index in [1.165, 1.54) is 31.4 Å². The second-order valence-electron chi connectivity index (χ2n) is 2.71. The zero-order valence-electron chi connectivity index (χ0n) is 7.72. The maximum Gasteiger partial charge on any atom is 0.275 e. The smallest absolute Gasteiger partial charge is 0.275 e. The summed E-state index contributed by atoms with van der Waals surface area (Å²) < 4.78 is 28.9. The van der Waals surface area contributed by atoms with Gasteiger partial charge in [-0.1, -0.05) is 0 Å². The molecule has 7 heteroatoms. The van der Waals surface area contributed by atoms with Gasteiger partial charge in [0.05, 0.1) is 0 Å². The molecule has 0 aliphatic carbocycles. The maximum absolute atomic E-state index is 11.5. The van der Waals surface area contributed by atoms with Gasteiger partial charge in [0.1, 0.15) is 0 Å². The van der Waals surface area contributed by atoms with Crippen molar-refractivity contribution in [1.29, 1.82) is 0 Å². The first-order chi connectivity index (χ1) is 6.48. The Morgan fingerprint density at radius 3 is 2.64 bits per heavy atom. The first kappa shape index (κ1) is 10.7. The van der Waals surface area contributed by atoms with Crippen LogP contribution in [0.3, 0.4) is 0 Å². The fraction of sp³-hybridized carbons (Fsp3) is 0.286. The predicted octanol–water partition coefficient (Wildman–Crippen LogP) is -1.47. The molecule has 14 heavy (non-hydrogen) atoms. The van der Waals surface area contributed by atoms with E-state index in [1.807, 2.05) is 0 Å². The lowest BCUT2D eigenvalue weighted by Gasteiger charge is -2.07. The van der Waals surface area contributed by atoms with E-state index in [0.717, 1.165) is 10.5 Å². The lowest BCUT2D eigenvalue weighted by Crippen LogP contribution is -2.60. The van der Waals surface area contributed by atoms with Crippen molar-refractivity contribution in [1.82, 2.24) is 4.31 Å². The van der Waals surface area contributed by atoms with Gasteiger partial charge in [0.15, 0.2) is 5.76 Å². The number of hydrogen-bond donors (Lipinski definition) is 1. The topological polar surface area (TPSA) is 87.5 Å². The fourth-order valence-electron chi connectivity index (χ4n) is 0.789. The van der Waals surface area contributed by atoms with Gasteiger partial charge in [-0.3, -0.25) is 0 Å². The minimum absolute atomic E-state index is 0.167. The number of furan rings is 1. The van der Waals surface area contributed by atoms with Gasteiger partial charge in [-0.25, -0.2) is 17.9 Å². The lowest BCUT2D eigenvalue weighted by molar-refractivity contribution is -0.367. The molecule has 1 rings (SSSR count). The SMILES string of the molecule is CN(C)S(=O)(=O)c1ccc(C=[NH+][O-])o1. The Labute approximate surface area is 81.5 Å². The number of sulfonamides is 1. The van der Waals surface area contributed by atoms with E-state index < -0.39 is 10.0 Å². The predicted molar refractivity (Wildman–Crippen MR) is 49.1 cm³/mol. The Kier molecular flexibility index (Phi) is 2.92. The molecule has 0 fully saturated rings. The first-order valence-corrected chi connectivity index (χ1v) is 5.15. The van der Waals surface area contributed by atoms with Crippen LogP contribution in [-0.4, -0.2) is 33.0 Å². The van der Waals surface area contributed by atoms with E-state index in [4.69, 9.17) is 4.42 Å². The summed E-state index contributed by atoms with van der Waals surface area (Å²) in [7, 11) is -0.766. The molecule has 1 aromatic rings. The minimum atomic E-state index is -3.56. The van der Waals surface area contributed by atoms with Crippen LogP contribution in [0.1, 0.15) is 5.76 Å². The summed E-state index contributed by atoms with van der Waals surface area (Å²) in [5, 5.41) is 11.3. The van der Waals surface area contributed by atoms with Crippen molar-refractivity contribution < 1.29 is 18.0 Å². The number of hydrogen-bond acceptors (Lipinski definition) is 4. The highest BCUT2D eigenvalue weighted by molar-refractivity contribution is 7.88. The molecule has 78 valence electrons. The maximum atomic E-state index is 11.5. The second kappa shape index (κ2) is 3.81. The molecule has 0 unspecified atom stereocenters.